The van der Waals surface area contributed by atoms with Gasteiger partial charge in [-0.2, -0.15) is 0 Å². The quantitative estimate of drug-likeness (QED) is 0.442. The fourth-order valence-electron chi connectivity index (χ4n) is 2.81. The molecule has 1 N–H and O–H groups in total. The first-order chi connectivity index (χ1) is 10.6. The van der Waals surface area contributed by atoms with Crippen molar-refractivity contribution in [1.29, 1.82) is 0 Å². The zero-order chi connectivity index (χ0) is 16.6. The number of nitrogens with zero attached hydrogens (tertiary/aromatic N) is 1. The summed E-state index contributed by atoms with van der Waals surface area (Å²) >= 11 is 0. The predicted molar refractivity (Wildman–Crippen MR) is 97.2 cm³/mol. The summed E-state index contributed by atoms with van der Waals surface area (Å²) in [4.78, 5) is 14.1. The van der Waals surface area contributed by atoms with Crippen molar-refractivity contribution in [2.24, 2.45) is 0 Å². The van der Waals surface area contributed by atoms with Gasteiger partial charge in [0.2, 0.25) is 5.91 Å². The van der Waals surface area contributed by atoms with Gasteiger partial charge >= 0.3 is 0 Å². The summed E-state index contributed by atoms with van der Waals surface area (Å²) in [5.41, 5.74) is 0. The van der Waals surface area contributed by atoms with E-state index in [0.717, 1.165) is 25.8 Å². The zero-order valence-electron chi connectivity index (χ0n) is 15.6. The van der Waals surface area contributed by atoms with Crippen LogP contribution < -0.4 is 5.32 Å². The van der Waals surface area contributed by atoms with Gasteiger partial charge in [0.25, 0.3) is 0 Å². The van der Waals surface area contributed by atoms with Crippen LogP contribution in [0.5, 0.6) is 0 Å². The van der Waals surface area contributed by atoms with Crippen LogP contribution in [-0.4, -0.2) is 37.5 Å². The van der Waals surface area contributed by atoms with Crippen LogP contribution >= 0.6 is 0 Å². The first-order valence-electron chi connectivity index (χ1n) is 9.57. The topological polar surface area (TPSA) is 32.3 Å². The van der Waals surface area contributed by atoms with Gasteiger partial charge in [0, 0.05) is 6.54 Å². The molecule has 3 heteroatoms. The third-order valence-electron chi connectivity index (χ3n) is 4.31. The number of amides is 1. The lowest BCUT2D eigenvalue weighted by molar-refractivity contribution is -0.125. The van der Waals surface area contributed by atoms with Gasteiger partial charge in [0.15, 0.2) is 0 Å². The molecule has 0 saturated carbocycles. The molecule has 0 spiro atoms. The molecule has 1 atom stereocenters. The molecule has 0 rings (SSSR count). The van der Waals surface area contributed by atoms with Gasteiger partial charge in [0.05, 0.1) is 6.04 Å². The smallest absolute Gasteiger partial charge is 0.237 e. The zero-order valence-corrected chi connectivity index (χ0v) is 15.6. The molecule has 1 unspecified atom stereocenters. The highest BCUT2D eigenvalue weighted by Gasteiger charge is 2.19. The number of carbonyl (C=O) groups is 1. The van der Waals surface area contributed by atoms with E-state index in [1.165, 1.54) is 57.8 Å². The lowest BCUT2D eigenvalue weighted by Gasteiger charge is -2.23. The summed E-state index contributed by atoms with van der Waals surface area (Å²) in [6, 6.07) is 0.0422. The summed E-state index contributed by atoms with van der Waals surface area (Å²) in [6.07, 6.45) is 15.4. The Balaban J connectivity index is 3.58. The molecule has 0 aliphatic rings. The second kappa shape index (κ2) is 15.3. The average Bonchev–Trinajstić information content (AvgIpc) is 2.50. The van der Waals surface area contributed by atoms with Crippen molar-refractivity contribution < 1.29 is 4.79 Å². The molecule has 0 aromatic rings. The van der Waals surface area contributed by atoms with Gasteiger partial charge in [-0.05, 0) is 26.9 Å². The monoisotopic (exact) mass is 312 g/mol. The van der Waals surface area contributed by atoms with Crippen LogP contribution in [0.15, 0.2) is 0 Å². The first kappa shape index (κ1) is 21.4. The molecule has 0 aromatic heterocycles. The van der Waals surface area contributed by atoms with E-state index in [9.17, 15) is 4.79 Å². The second-order valence-electron chi connectivity index (χ2n) is 6.74. The number of carbonyl (C=O) groups excluding carboxylic acids is 1. The van der Waals surface area contributed by atoms with Crippen LogP contribution in [0.2, 0.25) is 0 Å². The largest absolute Gasteiger partial charge is 0.355 e. The van der Waals surface area contributed by atoms with Crippen LogP contribution in [0, 0.1) is 0 Å². The summed E-state index contributed by atoms with van der Waals surface area (Å²) in [5.74, 6) is 0.197. The molecule has 0 aromatic carbocycles. The molecule has 0 heterocycles. The number of nitrogens with one attached hydrogen (secondary N) is 1. The van der Waals surface area contributed by atoms with Crippen LogP contribution in [-0.2, 0) is 4.79 Å². The first-order valence-corrected chi connectivity index (χ1v) is 9.57. The van der Waals surface area contributed by atoms with Crippen molar-refractivity contribution in [1.82, 2.24) is 10.2 Å². The van der Waals surface area contributed by atoms with Crippen LogP contribution in [0.1, 0.15) is 90.9 Å². The van der Waals surface area contributed by atoms with E-state index in [-0.39, 0.29) is 11.9 Å². The maximum Gasteiger partial charge on any atom is 0.237 e. The summed E-state index contributed by atoms with van der Waals surface area (Å²) < 4.78 is 0. The van der Waals surface area contributed by atoms with Crippen molar-refractivity contribution in [3.63, 3.8) is 0 Å². The minimum atomic E-state index is 0.0422. The van der Waals surface area contributed by atoms with E-state index in [0.29, 0.717) is 0 Å². The fourth-order valence-corrected chi connectivity index (χ4v) is 2.81. The van der Waals surface area contributed by atoms with Gasteiger partial charge in [-0.3, -0.25) is 9.69 Å². The Kier molecular flexibility index (Phi) is 14.9. The Morgan fingerprint density at radius 3 is 1.77 bits per heavy atom. The highest BCUT2D eigenvalue weighted by Crippen LogP contribution is 2.13. The van der Waals surface area contributed by atoms with Gasteiger partial charge in [-0.25, -0.2) is 0 Å². The number of hydrogen-bond donors (Lipinski definition) is 1. The molecule has 1 amide bonds. The maximum atomic E-state index is 12.1. The molecular formula is C19H40N2O. The summed E-state index contributed by atoms with van der Waals surface area (Å²) in [6.45, 7) is 5.15. The van der Waals surface area contributed by atoms with Crippen molar-refractivity contribution in [2.45, 2.75) is 96.9 Å². The Morgan fingerprint density at radius 1 is 0.818 bits per heavy atom. The van der Waals surface area contributed by atoms with Gasteiger partial charge in [-0.1, -0.05) is 78.1 Å². The van der Waals surface area contributed by atoms with Crippen LogP contribution in [0.4, 0.5) is 0 Å². The summed E-state index contributed by atoms with van der Waals surface area (Å²) in [5, 5.41) is 3.02. The SMILES string of the molecule is CCCCCCCCCCCCC(C(=O)NCCC)N(C)C. The van der Waals surface area contributed by atoms with Gasteiger partial charge in [0.1, 0.15) is 0 Å². The van der Waals surface area contributed by atoms with Crippen molar-refractivity contribution >= 4 is 5.91 Å². The van der Waals surface area contributed by atoms with E-state index in [1.807, 2.05) is 14.1 Å². The van der Waals surface area contributed by atoms with Gasteiger partial charge < -0.3 is 5.32 Å². The third kappa shape index (κ3) is 12.0. The third-order valence-corrected chi connectivity index (χ3v) is 4.31. The Hall–Kier alpha value is -0.570. The highest BCUT2D eigenvalue weighted by atomic mass is 16.2. The lowest BCUT2D eigenvalue weighted by atomic mass is 10.0. The number of unbranched alkanes of at least 4 members (excludes halogenated alkanes) is 9. The summed E-state index contributed by atoms with van der Waals surface area (Å²) in [7, 11) is 4.01. The van der Waals surface area contributed by atoms with E-state index in [4.69, 9.17) is 0 Å². The molecule has 0 fully saturated rings. The Bertz CT molecular complexity index is 254. The molecule has 0 bridgehead atoms. The molecule has 0 aliphatic heterocycles. The predicted octanol–water partition coefficient (Wildman–Crippen LogP) is 4.75. The minimum absolute atomic E-state index is 0.0422. The second-order valence-corrected chi connectivity index (χ2v) is 6.74. The number of likely N-dealkylation sites (N-methyl/N-ethyl adjacent to an activating group) is 1. The molecule has 0 radical (unpaired) electrons. The fraction of sp³-hybridized carbons (Fsp3) is 0.947. The van der Waals surface area contributed by atoms with Crippen molar-refractivity contribution in [3.8, 4) is 0 Å². The number of hydrogen-bond acceptors (Lipinski definition) is 2. The number of rotatable bonds is 15. The van der Waals surface area contributed by atoms with Crippen molar-refractivity contribution in [3.05, 3.63) is 0 Å². The van der Waals surface area contributed by atoms with E-state index in [2.05, 4.69) is 24.1 Å². The normalized spacial score (nSPS) is 12.6. The standard InChI is InChI=1S/C19H40N2O/c1-5-7-8-9-10-11-12-13-14-15-16-18(21(3)4)19(22)20-17-6-2/h18H,5-17H2,1-4H3,(H,20,22). The lowest BCUT2D eigenvalue weighted by Crippen LogP contribution is -2.43. The highest BCUT2D eigenvalue weighted by molar-refractivity contribution is 5.81. The van der Waals surface area contributed by atoms with E-state index in [1.54, 1.807) is 0 Å². The molecule has 0 saturated heterocycles. The molecule has 0 aliphatic carbocycles. The molecule has 3 nitrogen and oxygen atoms in total. The minimum Gasteiger partial charge on any atom is -0.355 e. The molecule has 22 heavy (non-hydrogen) atoms. The van der Waals surface area contributed by atoms with Crippen molar-refractivity contribution in [2.75, 3.05) is 20.6 Å². The average molecular weight is 313 g/mol. The van der Waals surface area contributed by atoms with E-state index >= 15 is 0 Å². The van der Waals surface area contributed by atoms with Crippen LogP contribution in [0.25, 0.3) is 0 Å². The molecule has 132 valence electrons. The Labute approximate surface area is 139 Å². The van der Waals surface area contributed by atoms with Gasteiger partial charge in [-0.15, -0.1) is 0 Å². The maximum absolute atomic E-state index is 12.1. The van der Waals surface area contributed by atoms with Crippen LogP contribution in [0.3, 0.4) is 0 Å². The Morgan fingerprint density at radius 2 is 1.32 bits per heavy atom. The van der Waals surface area contributed by atoms with E-state index < -0.39 is 0 Å². The molecular weight excluding hydrogens is 272 g/mol.